The Morgan fingerprint density at radius 1 is 0.327 bits per heavy atom. The van der Waals surface area contributed by atoms with Crippen LogP contribution in [0.1, 0.15) is 259 Å². The molecular formula is C47H94N2. The predicted molar refractivity (Wildman–Crippen MR) is 222 cm³/mol. The highest BCUT2D eigenvalue weighted by atomic mass is 14.9. The van der Waals surface area contributed by atoms with Crippen molar-refractivity contribution >= 4 is 0 Å². The summed E-state index contributed by atoms with van der Waals surface area (Å²) in [4.78, 5) is 0. The van der Waals surface area contributed by atoms with Crippen LogP contribution in [0.15, 0.2) is 0 Å². The molecule has 0 spiro atoms. The fourth-order valence-corrected chi connectivity index (χ4v) is 9.67. The third-order valence-corrected chi connectivity index (χ3v) is 13.5. The summed E-state index contributed by atoms with van der Waals surface area (Å²) in [5.41, 5.74) is 0.527. The molecule has 0 atom stereocenters. The minimum Gasteiger partial charge on any atom is -0.314 e. The van der Waals surface area contributed by atoms with Gasteiger partial charge in [-0.1, -0.05) is 195 Å². The van der Waals surface area contributed by atoms with E-state index in [1.54, 1.807) is 0 Å². The van der Waals surface area contributed by atoms with Gasteiger partial charge >= 0.3 is 0 Å². The molecule has 2 aliphatic rings. The molecule has 0 unspecified atom stereocenters. The summed E-state index contributed by atoms with van der Waals surface area (Å²) in [6.07, 6.45) is 52.2. The van der Waals surface area contributed by atoms with Crippen molar-refractivity contribution in [2.75, 3.05) is 13.1 Å². The zero-order chi connectivity index (χ0) is 35.1. The van der Waals surface area contributed by atoms with Crippen LogP contribution in [0.25, 0.3) is 0 Å². The van der Waals surface area contributed by atoms with Gasteiger partial charge in [-0.3, -0.25) is 0 Å². The van der Waals surface area contributed by atoms with Gasteiger partial charge in [0.2, 0.25) is 0 Å². The minimum atomic E-state index is 0.527. The minimum absolute atomic E-state index is 0.527. The van der Waals surface area contributed by atoms with E-state index in [1.165, 1.54) is 244 Å². The average Bonchev–Trinajstić information content (AvgIpc) is 3.12. The summed E-state index contributed by atoms with van der Waals surface area (Å²) in [6, 6.07) is 1.59. The van der Waals surface area contributed by atoms with E-state index in [0.717, 1.165) is 23.9 Å². The van der Waals surface area contributed by atoms with Crippen molar-refractivity contribution in [2.24, 2.45) is 17.3 Å². The Morgan fingerprint density at radius 3 is 0.796 bits per heavy atom. The molecule has 0 aromatic carbocycles. The van der Waals surface area contributed by atoms with Crippen LogP contribution in [-0.4, -0.2) is 25.2 Å². The van der Waals surface area contributed by atoms with E-state index in [2.05, 4.69) is 38.3 Å². The lowest BCUT2D eigenvalue weighted by molar-refractivity contribution is 0.0468. The lowest BCUT2D eigenvalue weighted by Crippen LogP contribution is -2.42. The Bertz CT molecular complexity index is 616. The molecule has 0 radical (unpaired) electrons. The van der Waals surface area contributed by atoms with E-state index in [4.69, 9.17) is 0 Å². The first kappa shape index (κ1) is 45.1. The molecule has 0 aromatic heterocycles. The first-order chi connectivity index (χ1) is 24.1. The monoisotopic (exact) mass is 687 g/mol. The quantitative estimate of drug-likeness (QED) is 0.0658. The molecule has 2 aliphatic carbocycles. The highest BCUT2D eigenvalue weighted by Gasteiger charge is 2.40. The maximum absolute atomic E-state index is 3.97. The van der Waals surface area contributed by atoms with Gasteiger partial charge in [-0.15, -0.1) is 0 Å². The maximum atomic E-state index is 3.97. The second-order valence-corrected chi connectivity index (χ2v) is 18.0. The molecule has 0 aromatic rings. The van der Waals surface area contributed by atoms with Crippen LogP contribution in [0.4, 0.5) is 0 Å². The Morgan fingerprint density at radius 2 is 0.551 bits per heavy atom. The second kappa shape index (κ2) is 31.4. The van der Waals surface area contributed by atoms with Gasteiger partial charge in [0.25, 0.3) is 0 Å². The van der Waals surface area contributed by atoms with Crippen LogP contribution in [0.3, 0.4) is 0 Å². The normalized spacial score (nSPS) is 21.8. The molecule has 2 heteroatoms. The fourth-order valence-electron chi connectivity index (χ4n) is 9.67. The molecule has 0 bridgehead atoms. The van der Waals surface area contributed by atoms with Crippen LogP contribution in [0.5, 0.6) is 0 Å². The molecule has 292 valence electrons. The van der Waals surface area contributed by atoms with Crippen molar-refractivity contribution in [3.8, 4) is 0 Å². The third kappa shape index (κ3) is 23.3. The number of rotatable bonds is 34. The molecule has 2 N–H and O–H groups in total. The van der Waals surface area contributed by atoms with Crippen LogP contribution < -0.4 is 10.6 Å². The van der Waals surface area contributed by atoms with Gasteiger partial charge in [0, 0.05) is 12.1 Å². The van der Waals surface area contributed by atoms with Crippen LogP contribution in [0.2, 0.25) is 0 Å². The lowest BCUT2D eigenvalue weighted by Gasteiger charge is -2.47. The van der Waals surface area contributed by atoms with Gasteiger partial charge in [0.05, 0.1) is 0 Å². The largest absolute Gasteiger partial charge is 0.314 e. The predicted octanol–water partition coefficient (Wildman–Crippen LogP) is 15.3. The van der Waals surface area contributed by atoms with E-state index in [-0.39, 0.29) is 0 Å². The van der Waals surface area contributed by atoms with E-state index in [9.17, 15) is 0 Å². The summed E-state index contributed by atoms with van der Waals surface area (Å²) in [5, 5.41) is 7.94. The number of nitrogens with one attached hydrogen (secondary N) is 2. The molecular weight excluding hydrogens is 593 g/mol. The molecule has 2 nitrogen and oxygen atoms in total. The SMILES string of the molecule is CCCCCCCCCCCCCCCCNC1CCC(C(C)(C)C2CCC(NCCCCCCCCCCCCCCCC)CC2)CC1. The Hall–Kier alpha value is -0.0800. The smallest absolute Gasteiger partial charge is 0.00672 e. The number of hydrogen-bond donors (Lipinski definition) is 2. The zero-order valence-electron chi connectivity index (χ0n) is 34.7. The van der Waals surface area contributed by atoms with Gasteiger partial charge in [0.1, 0.15) is 0 Å². The molecule has 49 heavy (non-hydrogen) atoms. The topological polar surface area (TPSA) is 24.1 Å². The summed E-state index contributed by atoms with van der Waals surface area (Å²) in [6.45, 7) is 12.4. The molecule has 0 saturated heterocycles. The summed E-state index contributed by atoms with van der Waals surface area (Å²) in [7, 11) is 0. The Labute approximate surface area is 311 Å². The standard InChI is InChI=1S/C47H94N2/c1-5-7-9-11-13-15-17-19-21-23-25-27-29-31-41-48-45-37-33-43(34-38-45)47(3,4)44-35-39-46(40-36-44)49-42-32-30-28-26-24-22-20-18-16-14-12-10-8-6-2/h43-46,48-49H,5-42H2,1-4H3. The summed E-state index contributed by atoms with van der Waals surface area (Å²) in [5.74, 6) is 1.88. The van der Waals surface area contributed by atoms with Gasteiger partial charge in [-0.25, -0.2) is 0 Å². The molecule has 2 rings (SSSR count). The van der Waals surface area contributed by atoms with Crippen LogP contribution in [-0.2, 0) is 0 Å². The molecule has 2 saturated carbocycles. The Balaban J connectivity index is 1.37. The average molecular weight is 687 g/mol. The second-order valence-electron chi connectivity index (χ2n) is 18.0. The first-order valence-electron chi connectivity index (χ1n) is 23.5. The number of hydrogen-bond acceptors (Lipinski definition) is 2. The van der Waals surface area contributed by atoms with Crippen molar-refractivity contribution in [3.63, 3.8) is 0 Å². The van der Waals surface area contributed by atoms with E-state index >= 15 is 0 Å². The van der Waals surface area contributed by atoms with Crippen molar-refractivity contribution in [2.45, 2.75) is 271 Å². The molecule has 0 heterocycles. The van der Waals surface area contributed by atoms with Gasteiger partial charge in [-0.2, -0.15) is 0 Å². The van der Waals surface area contributed by atoms with Crippen molar-refractivity contribution in [1.29, 1.82) is 0 Å². The maximum Gasteiger partial charge on any atom is 0.00672 e. The van der Waals surface area contributed by atoms with E-state index in [0.29, 0.717) is 5.41 Å². The van der Waals surface area contributed by atoms with Crippen LogP contribution in [0, 0.1) is 17.3 Å². The van der Waals surface area contributed by atoms with Crippen molar-refractivity contribution in [3.05, 3.63) is 0 Å². The van der Waals surface area contributed by atoms with E-state index in [1.807, 2.05) is 0 Å². The van der Waals surface area contributed by atoms with Gasteiger partial charge in [-0.05, 0) is 94.5 Å². The fraction of sp³-hybridized carbons (Fsp3) is 1.00. The van der Waals surface area contributed by atoms with Gasteiger partial charge < -0.3 is 10.6 Å². The number of unbranched alkanes of at least 4 members (excludes halogenated alkanes) is 26. The first-order valence-corrected chi connectivity index (χ1v) is 23.5. The molecule has 2 fully saturated rings. The van der Waals surface area contributed by atoms with Gasteiger partial charge in [0.15, 0.2) is 0 Å². The summed E-state index contributed by atoms with van der Waals surface area (Å²) >= 11 is 0. The lowest BCUT2D eigenvalue weighted by atomic mass is 9.60. The van der Waals surface area contributed by atoms with E-state index < -0.39 is 0 Å². The molecule has 0 amide bonds. The molecule has 0 aliphatic heterocycles. The third-order valence-electron chi connectivity index (χ3n) is 13.5. The van der Waals surface area contributed by atoms with Crippen LogP contribution >= 0.6 is 0 Å². The van der Waals surface area contributed by atoms with Crippen molar-refractivity contribution < 1.29 is 0 Å². The Kier molecular flexibility index (Phi) is 28.9. The zero-order valence-corrected chi connectivity index (χ0v) is 34.7. The summed E-state index contributed by atoms with van der Waals surface area (Å²) < 4.78 is 0. The highest BCUT2D eigenvalue weighted by molar-refractivity contribution is 4.92. The van der Waals surface area contributed by atoms with Crippen molar-refractivity contribution in [1.82, 2.24) is 10.6 Å². The highest BCUT2D eigenvalue weighted by Crippen LogP contribution is 2.48.